The third-order valence-corrected chi connectivity index (χ3v) is 22.4. The largest absolute Gasteiger partial charge is 1.00 e. The molecule has 0 aliphatic heterocycles. The quantitative estimate of drug-likeness (QED) is 0.188. The molecule has 0 amide bonds. The van der Waals surface area contributed by atoms with Gasteiger partial charge in [-0.2, -0.15) is 22.7 Å². The topological polar surface area (TPSA) is 0 Å². The van der Waals surface area contributed by atoms with Crippen molar-refractivity contribution < 1.29 is 37.7 Å². The molecule has 34 heavy (non-hydrogen) atoms. The third-order valence-electron chi connectivity index (χ3n) is 5.52. The molecule has 0 saturated carbocycles. The van der Waals surface area contributed by atoms with Gasteiger partial charge in [0, 0.05) is 17.9 Å². The van der Waals surface area contributed by atoms with Crippen LogP contribution >= 0.6 is 99.9 Å². The van der Waals surface area contributed by atoms with Crippen LogP contribution in [0.3, 0.4) is 0 Å². The van der Waals surface area contributed by atoms with E-state index in [1.165, 1.54) is 57.7 Å². The smallest absolute Gasteiger partial charge is 0.257 e. The fraction of sp³-hybridized carbons (Fsp3) is 0.273. The van der Waals surface area contributed by atoms with Gasteiger partial charge < -0.3 is 0 Å². The maximum Gasteiger partial charge on any atom is 1.00 e. The first-order valence-corrected chi connectivity index (χ1v) is 23.6. The number of hydrogen-bond acceptors (Lipinski definition) is 6. The monoisotopic (exact) mass is 702 g/mol. The molecule has 0 spiro atoms. The number of thiophene rings is 6. The molecule has 0 unspecified atom stereocenters. The van der Waals surface area contributed by atoms with E-state index in [9.17, 15) is 0 Å². The van der Waals surface area contributed by atoms with Crippen molar-refractivity contribution in [2.75, 3.05) is 0 Å². The summed E-state index contributed by atoms with van der Waals surface area (Å²) in [5.74, 6) is 0. The Balaban J connectivity index is 0.00000137. The van der Waals surface area contributed by atoms with E-state index in [1.807, 2.05) is 45.3 Å². The van der Waals surface area contributed by atoms with Crippen molar-refractivity contribution in [3.63, 3.8) is 0 Å². The second kappa shape index (κ2) is 9.78. The Labute approximate surface area is 266 Å². The third kappa shape index (κ3) is 4.32. The normalized spacial score (nSPS) is 12.8. The van der Waals surface area contributed by atoms with Crippen LogP contribution in [0, 0.1) is 10.8 Å². The molecule has 0 N–H and O–H groups in total. The van der Waals surface area contributed by atoms with E-state index in [4.69, 9.17) is 0 Å². The van der Waals surface area contributed by atoms with E-state index in [0.717, 1.165) is 0 Å². The van der Waals surface area contributed by atoms with Crippen LogP contribution in [0.2, 0.25) is 39.3 Å². The fourth-order valence-corrected chi connectivity index (χ4v) is 21.6. The van der Waals surface area contributed by atoms with Crippen molar-refractivity contribution in [1.29, 1.82) is 0 Å². The van der Waals surface area contributed by atoms with Crippen LogP contribution in [0.1, 0.15) is 0 Å². The standard InChI is InChI=1S/C22H18Br2S6Si2.2Li/c1-31(2,3)21-15(23)13-11-9(7-25-17(11)27-19(13)29-21)10-8-26-18-12(10)14-16(24)22(32(4,5)6)30-20(14)28-18;;/h1-6H3;;/q-2;2*+1. The Hall–Kier alpha value is 1.83. The van der Waals surface area contributed by atoms with Crippen molar-refractivity contribution in [3.8, 4) is 11.1 Å². The van der Waals surface area contributed by atoms with Gasteiger partial charge in [0.1, 0.15) is 0 Å². The second-order valence-electron chi connectivity index (χ2n) is 10.0. The molecular weight excluding hydrogens is 687 g/mol. The minimum absolute atomic E-state index is 0. The van der Waals surface area contributed by atoms with Gasteiger partial charge in [-0.05, 0) is 18.8 Å². The first-order chi connectivity index (χ1) is 15.0. The Bertz CT molecular complexity index is 1560. The van der Waals surface area contributed by atoms with Gasteiger partial charge in [0.25, 0.3) is 0 Å². The van der Waals surface area contributed by atoms with E-state index in [2.05, 4.69) is 81.9 Å². The zero-order valence-electron chi connectivity index (χ0n) is 20.2. The van der Waals surface area contributed by atoms with Crippen molar-refractivity contribution >= 4 is 163 Å². The van der Waals surface area contributed by atoms with Gasteiger partial charge in [-0.15, -0.1) is 44.2 Å². The van der Waals surface area contributed by atoms with Gasteiger partial charge in [-0.3, -0.25) is 22.7 Å². The molecule has 0 fully saturated rings. The summed E-state index contributed by atoms with van der Waals surface area (Å²) < 4.78 is 11.5. The molecular formula is C22H18Br2Li2S6Si2. The molecule has 0 aliphatic carbocycles. The summed E-state index contributed by atoms with van der Waals surface area (Å²) in [4.78, 5) is 0. The van der Waals surface area contributed by atoms with E-state index in [-0.39, 0.29) is 37.7 Å². The van der Waals surface area contributed by atoms with Crippen molar-refractivity contribution in [2.24, 2.45) is 0 Å². The summed E-state index contributed by atoms with van der Waals surface area (Å²) in [6.45, 7) is 14.6. The predicted octanol–water partition coefficient (Wildman–Crippen LogP) is 4.56. The van der Waals surface area contributed by atoms with Gasteiger partial charge in [0.05, 0.1) is 24.2 Å². The second-order valence-corrected chi connectivity index (χ2v) is 29.1. The van der Waals surface area contributed by atoms with Gasteiger partial charge in [-0.1, -0.05) is 71.1 Å². The molecule has 6 aromatic rings. The maximum absolute atomic E-state index is 4.02. The van der Waals surface area contributed by atoms with Crippen molar-refractivity contribution in [2.45, 2.75) is 39.3 Å². The fourth-order valence-electron chi connectivity index (χ4n) is 4.04. The van der Waals surface area contributed by atoms with Crippen LogP contribution in [0.5, 0.6) is 0 Å². The Morgan fingerprint density at radius 2 is 0.882 bits per heavy atom. The summed E-state index contributed by atoms with van der Waals surface area (Å²) >= 11 is 19.5. The Kier molecular flexibility index (Phi) is 8.29. The van der Waals surface area contributed by atoms with E-state index >= 15 is 0 Å². The molecule has 0 aliphatic rings. The molecule has 0 saturated heterocycles. The average Bonchev–Trinajstić information content (AvgIpc) is 3.43. The number of fused-ring (bicyclic) bond motifs is 6. The minimum atomic E-state index is -1.40. The zero-order valence-corrected chi connectivity index (χ0v) is 30.3. The van der Waals surface area contributed by atoms with E-state index in [0.29, 0.717) is 0 Å². The van der Waals surface area contributed by atoms with Crippen LogP contribution in [0.4, 0.5) is 0 Å². The first-order valence-electron chi connectivity index (χ1n) is 10.1. The van der Waals surface area contributed by atoms with Gasteiger partial charge in [0.15, 0.2) is 0 Å². The first kappa shape index (κ1) is 28.8. The van der Waals surface area contributed by atoms with Crippen molar-refractivity contribution in [1.82, 2.24) is 0 Å². The van der Waals surface area contributed by atoms with Crippen LogP contribution in [0.15, 0.2) is 8.95 Å². The average molecular weight is 705 g/mol. The number of rotatable bonds is 3. The maximum atomic E-state index is 4.02. The van der Waals surface area contributed by atoms with Gasteiger partial charge in [-0.25, -0.2) is 11.1 Å². The van der Waals surface area contributed by atoms with E-state index in [1.54, 1.807) is 31.7 Å². The van der Waals surface area contributed by atoms with Crippen LogP contribution in [-0.2, 0) is 0 Å². The van der Waals surface area contributed by atoms with Gasteiger partial charge >= 0.3 is 37.7 Å². The summed E-state index contributed by atoms with van der Waals surface area (Å²) in [5.41, 5.74) is 2.49. The molecule has 0 aromatic carbocycles. The minimum Gasteiger partial charge on any atom is -0.257 e. The number of hydrogen-bond donors (Lipinski definition) is 0. The Morgan fingerprint density at radius 3 is 1.21 bits per heavy atom. The summed E-state index contributed by atoms with van der Waals surface area (Å²) in [7, 11) is -2.80. The van der Waals surface area contributed by atoms with Crippen LogP contribution in [0.25, 0.3) is 48.7 Å². The molecule has 6 rings (SSSR count). The summed E-state index contributed by atoms with van der Waals surface area (Å²) in [6.07, 6.45) is 0. The summed E-state index contributed by atoms with van der Waals surface area (Å²) in [6, 6.07) is 0. The molecule has 0 radical (unpaired) electrons. The molecule has 12 heteroatoms. The molecule has 0 atom stereocenters. The zero-order chi connectivity index (χ0) is 22.7. The van der Waals surface area contributed by atoms with Crippen LogP contribution in [-0.4, -0.2) is 16.1 Å². The summed E-state index contributed by atoms with van der Waals surface area (Å²) in [5, 5.41) is 13.0. The molecule has 6 heterocycles. The molecule has 0 nitrogen and oxygen atoms in total. The Morgan fingerprint density at radius 1 is 0.529 bits per heavy atom. The molecule has 166 valence electrons. The van der Waals surface area contributed by atoms with Crippen molar-refractivity contribution in [3.05, 3.63) is 19.7 Å². The molecule has 6 aromatic heterocycles. The number of halogens is 2. The van der Waals surface area contributed by atoms with Crippen LogP contribution < -0.4 is 46.7 Å². The SMILES string of the molecule is C[Si](C)(C)c1sc2sc3s[c-]c(-c4[c-]sc5sc6sc([Si](C)(C)C)c(Br)c6c45)c3c2c1Br.[Li+].[Li+]. The molecule has 0 bridgehead atoms. The van der Waals surface area contributed by atoms with E-state index < -0.39 is 16.1 Å². The van der Waals surface area contributed by atoms with Gasteiger partial charge in [0.2, 0.25) is 0 Å². The predicted molar refractivity (Wildman–Crippen MR) is 168 cm³/mol.